The van der Waals surface area contributed by atoms with E-state index in [-0.39, 0.29) is 0 Å². The van der Waals surface area contributed by atoms with Gasteiger partial charge in [0.25, 0.3) is 0 Å². The minimum Gasteiger partial charge on any atom is -0.383 e. The highest BCUT2D eigenvalue weighted by atomic mass is 15.3. The third-order valence-electron chi connectivity index (χ3n) is 3.51. The average molecular weight is 283 g/mol. The van der Waals surface area contributed by atoms with Crippen molar-refractivity contribution in [3.05, 3.63) is 41.0 Å². The van der Waals surface area contributed by atoms with E-state index in [2.05, 4.69) is 36.4 Å². The molecule has 0 fully saturated rings. The predicted molar refractivity (Wildman–Crippen MR) is 85.0 cm³/mol. The fraction of sp³-hybridized carbons (Fsp3) is 0.375. The first-order valence-electron chi connectivity index (χ1n) is 7.22. The summed E-state index contributed by atoms with van der Waals surface area (Å²) in [6.07, 6.45) is 2.13. The van der Waals surface area contributed by atoms with Crippen molar-refractivity contribution >= 4 is 11.6 Å². The number of rotatable bonds is 6. The van der Waals surface area contributed by atoms with Crippen LogP contribution in [0, 0.1) is 18.3 Å². The quantitative estimate of drug-likeness (QED) is 0.799. The van der Waals surface area contributed by atoms with Crippen molar-refractivity contribution in [1.29, 1.82) is 5.26 Å². The number of nitrogen functional groups attached to an aromatic ring is 1. The van der Waals surface area contributed by atoms with Crippen LogP contribution in [0.3, 0.4) is 0 Å². The van der Waals surface area contributed by atoms with E-state index in [1.807, 2.05) is 18.2 Å². The normalized spacial score (nSPS) is 10.3. The molecule has 0 aliphatic rings. The Hall–Kier alpha value is -2.48. The van der Waals surface area contributed by atoms with Crippen LogP contribution in [0.1, 0.15) is 36.5 Å². The van der Waals surface area contributed by atoms with Gasteiger partial charge in [0.1, 0.15) is 17.5 Å². The fourth-order valence-corrected chi connectivity index (χ4v) is 2.16. The first kappa shape index (κ1) is 14.9. The lowest BCUT2D eigenvalue weighted by Crippen LogP contribution is -2.08. The molecule has 0 amide bonds. The number of hydrogen-bond donors (Lipinski definition) is 2. The van der Waals surface area contributed by atoms with Gasteiger partial charge in [-0.2, -0.15) is 10.4 Å². The van der Waals surface area contributed by atoms with Gasteiger partial charge in [-0.3, -0.25) is 0 Å². The largest absolute Gasteiger partial charge is 0.383 e. The smallest absolute Gasteiger partial charge is 0.168 e. The first-order valence-corrected chi connectivity index (χ1v) is 7.22. The van der Waals surface area contributed by atoms with Crippen LogP contribution < -0.4 is 11.1 Å². The van der Waals surface area contributed by atoms with Crippen LogP contribution in [-0.2, 0) is 6.54 Å². The lowest BCUT2D eigenvalue weighted by Gasteiger charge is -2.07. The second kappa shape index (κ2) is 6.80. The molecule has 0 saturated heterocycles. The second-order valence-corrected chi connectivity index (χ2v) is 5.09. The van der Waals surface area contributed by atoms with Crippen LogP contribution in [0.4, 0.5) is 11.6 Å². The zero-order valence-corrected chi connectivity index (χ0v) is 12.6. The monoisotopic (exact) mass is 283 g/mol. The molecule has 0 radical (unpaired) electrons. The van der Waals surface area contributed by atoms with E-state index in [0.717, 1.165) is 24.9 Å². The predicted octanol–water partition coefficient (Wildman–Crippen LogP) is 2.91. The molecule has 0 unspecified atom stereocenters. The molecule has 3 N–H and O–H groups in total. The Labute approximate surface area is 125 Å². The average Bonchev–Trinajstić information content (AvgIpc) is 2.77. The Bertz CT molecular complexity index is 651. The summed E-state index contributed by atoms with van der Waals surface area (Å²) < 4.78 is 1.69. The molecule has 21 heavy (non-hydrogen) atoms. The van der Waals surface area contributed by atoms with Crippen molar-refractivity contribution in [3.63, 3.8) is 0 Å². The summed E-state index contributed by atoms with van der Waals surface area (Å²) >= 11 is 0. The fourth-order valence-electron chi connectivity index (χ4n) is 2.16. The number of nitrogens with two attached hydrogens (primary N) is 1. The SMILES string of the molecule is CCCCNc1nn(Cc2ccccc2C)c(N)c1C#N. The number of aryl methyl sites for hydroxylation is 1. The van der Waals surface area contributed by atoms with Gasteiger partial charge in [-0.05, 0) is 24.5 Å². The van der Waals surface area contributed by atoms with Gasteiger partial charge in [0.05, 0.1) is 6.54 Å². The van der Waals surface area contributed by atoms with Gasteiger partial charge in [0.2, 0.25) is 0 Å². The molecule has 0 atom stereocenters. The molecule has 0 spiro atoms. The molecule has 1 aromatic heterocycles. The summed E-state index contributed by atoms with van der Waals surface area (Å²) in [4.78, 5) is 0. The molecule has 0 aliphatic carbocycles. The van der Waals surface area contributed by atoms with Crippen molar-refractivity contribution in [1.82, 2.24) is 9.78 Å². The second-order valence-electron chi connectivity index (χ2n) is 5.09. The van der Waals surface area contributed by atoms with Crippen LogP contribution in [0.2, 0.25) is 0 Å². The molecular formula is C16H21N5. The Morgan fingerprint density at radius 1 is 1.38 bits per heavy atom. The van der Waals surface area contributed by atoms with Crippen LogP contribution >= 0.6 is 0 Å². The maximum Gasteiger partial charge on any atom is 0.168 e. The number of benzene rings is 1. The molecule has 5 heteroatoms. The summed E-state index contributed by atoms with van der Waals surface area (Å²) in [7, 11) is 0. The van der Waals surface area contributed by atoms with Gasteiger partial charge in [-0.1, -0.05) is 37.6 Å². The molecule has 0 saturated carbocycles. The van der Waals surface area contributed by atoms with E-state index in [1.165, 1.54) is 5.56 Å². The maximum atomic E-state index is 9.27. The lowest BCUT2D eigenvalue weighted by atomic mass is 10.1. The van der Waals surface area contributed by atoms with Crippen LogP contribution in [0.25, 0.3) is 0 Å². The van der Waals surface area contributed by atoms with E-state index in [4.69, 9.17) is 5.73 Å². The van der Waals surface area contributed by atoms with Gasteiger partial charge in [-0.15, -0.1) is 0 Å². The molecular weight excluding hydrogens is 262 g/mol. The van der Waals surface area contributed by atoms with E-state index >= 15 is 0 Å². The number of aromatic nitrogens is 2. The molecule has 5 nitrogen and oxygen atoms in total. The highest BCUT2D eigenvalue weighted by Gasteiger charge is 2.15. The van der Waals surface area contributed by atoms with Crippen molar-refractivity contribution < 1.29 is 0 Å². The summed E-state index contributed by atoms with van der Waals surface area (Å²) in [5.74, 6) is 0.997. The van der Waals surface area contributed by atoms with Crippen LogP contribution in [0.5, 0.6) is 0 Å². The first-order chi connectivity index (χ1) is 10.2. The number of nitrogens with zero attached hydrogens (tertiary/aromatic N) is 3. The Morgan fingerprint density at radius 2 is 2.14 bits per heavy atom. The van der Waals surface area contributed by atoms with Gasteiger partial charge in [0, 0.05) is 6.54 Å². The number of nitrogens with one attached hydrogen (secondary N) is 1. The molecule has 2 rings (SSSR count). The van der Waals surface area contributed by atoms with Crippen LogP contribution in [-0.4, -0.2) is 16.3 Å². The van der Waals surface area contributed by atoms with Crippen LogP contribution in [0.15, 0.2) is 24.3 Å². The molecule has 1 heterocycles. The van der Waals surface area contributed by atoms with Crippen molar-refractivity contribution in [2.75, 3.05) is 17.6 Å². The molecule has 2 aromatic rings. The number of anilines is 2. The zero-order valence-electron chi connectivity index (χ0n) is 12.6. The van der Waals surface area contributed by atoms with Crippen molar-refractivity contribution in [2.24, 2.45) is 0 Å². The molecule has 0 aliphatic heterocycles. The Morgan fingerprint density at radius 3 is 2.81 bits per heavy atom. The van der Waals surface area contributed by atoms with E-state index in [0.29, 0.717) is 23.7 Å². The van der Waals surface area contributed by atoms with Gasteiger partial charge < -0.3 is 11.1 Å². The standard InChI is InChI=1S/C16H21N5/c1-3-4-9-19-16-14(10-17)15(18)21(20-16)11-13-8-6-5-7-12(13)2/h5-8H,3-4,9,11,18H2,1-2H3,(H,19,20). The topological polar surface area (TPSA) is 79.7 Å². The number of nitriles is 1. The lowest BCUT2D eigenvalue weighted by molar-refractivity contribution is 0.694. The molecule has 0 bridgehead atoms. The van der Waals surface area contributed by atoms with Gasteiger partial charge >= 0.3 is 0 Å². The van der Waals surface area contributed by atoms with E-state index in [9.17, 15) is 5.26 Å². The summed E-state index contributed by atoms with van der Waals surface area (Å²) in [6.45, 7) is 5.55. The van der Waals surface area contributed by atoms with Crippen molar-refractivity contribution in [3.8, 4) is 6.07 Å². The minimum atomic E-state index is 0.416. The minimum absolute atomic E-state index is 0.416. The summed E-state index contributed by atoms with van der Waals surface area (Å²) in [5, 5.41) is 16.9. The van der Waals surface area contributed by atoms with Gasteiger partial charge in [0.15, 0.2) is 5.82 Å². The highest BCUT2D eigenvalue weighted by Crippen LogP contribution is 2.22. The third kappa shape index (κ3) is 3.34. The van der Waals surface area contributed by atoms with E-state index in [1.54, 1.807) is 4.68 Å². The maximum absolute atomic E-state index is 9.27. The molecule has 1 aromatic carbocycles. The number of unbranched alkanes of at least 4 members (excludes halogenated alkanes) is 1. The zero-order chi connectivity index (χ0) is 15.2. The Kier molecular flexibility index (Phi) is 4.83. The van der Waals surface area contributed by atoms with E-state index < -0.39 is 0 Å². The molecule has 110 valence electrons. The Balaban J connectivity index is 2.24. The third-order valence-corrected chi connectivity index (χ3v) is 3.51. The van der Waals surface area contributed by atoms with Crippen molar-refractivity contribution in [2.45, 2.75) is 33.2 Å². The summed E-state index contributed by atoms with van der Waals surface area (Å²) in [5.41, 5.74) is 8.82. The van der Waals surface area contributed by atoms with Gasteiger partial charge in [-0.25, -0.2) is 4.68 Å². The summed E-state index contributed by atoms with van der Waals surface area (Å²) in [6, 6.07) is 10.2. The highest BCUT2D eigenvalue weighted by molar-refractivity contribution is 5.63. The number of hydrogen-bond acceptors (Lipinski definition) is 4.